The zero-order valence-corrected chi connectivity index (χ0v) is 15.4. The molecule has 0 aliphatic heterocycles. The Labute approximate surface area is 154 Å². The summed E-state index contributed by atoms with van der Waals surface area (Å²) in [6.45, 7) is 8.78. The van der Waals surface area contributed by atoms with Gasteiger partial charge in [0.15, 0.2) is 12.2 Å². The molecule has 138 valence electrons. The predicted molar refractivity (Wildman–Crippen MR) is 102 cm³/mol. The minimum absolute atomic E-state index is 0.206. The van der Waals surface area contributed by atoms with Crippen molar-refractivity contribution in [3.05, 3.63) is 60.7 Å². The smallest absolute Gasteiger partial charge is 0.335 e. The zero-order chi connectivity index (χ0) is 19.1. The fourth-order valence-electron chi connectivity index (χ4n) is 2.50. The van der Waals surface area contributed by atoms with Crippen LogP contribution in [0, 0.1) is 0 Å². The Balaban J connectivity index is 1.94. The van der Waals surface area contributed by atoms with Gasteiger partial charge in [-0.3, -0.25) is 4.79 Å². The van der Waals surface area contributed by atoms with Crippen LogP contribution >= 0.6 is 0 Å². The molecule has 2 aromatic carbocycles. The normalized spacial score (nSPS) is 14.3. The van der Waals surface area contributed by atoms with Gasteiger partial charge < -0.3 is 14.8 Å². The lowest BCUT2D eigenvalue weighted by Crippen LogP contribution is -2.39. The molecule has 5 nitrogen and oxygen atoms in total. The molecule has 3 unspecified atom stereocenters. The predicted octanol–water partition coefficient (Wildman–Crippen LogP) is 3.54. The van der Waals surface area contributed by atoms with Crippen LogP contribution in [0.5, 0.6) is 0 Å². The first-order valence-electron chi connectivity index (χ1n) is 8.64. The number of hydrogen-bond donors (Lipinski definition) is 1. The Morgan fingerprint density at radius 1 is 1.08 bits per heavy atom. The second-order valence-corrected chi connectivity index (χ2v) is 6.18. The average Bonchev–Trinajstić information content (AvgIpc) is 2.65. The SMILES string of the molecule is C=CCOC(C)C(=O)OC(C)C(=O)NC(C)c1ccc2ccccc2c1. The van der Waals surface area contributed by atoms with Gasteiger partial charge in [-0.1, -0.05) is 42.5 Å². The first-order chi connectivity index (χ1) is 12.4. The lowest BCUT2D eigenvalue weighted by atomic mass is 10.0. The Hall–Kier alpha value is -2.66. The molecule has 0 heterocycles. The van der Waals surface area contributed by atoms with E-state index in [4.69, 9.17) is 9.47 Å². The van der Waals surface area contributed by atoms with Crippen molar-refractivity contribution in [3.63, 3.8) is 0 Å². The van der Waals surface area contributed by atoms with Gasteiger partial charge in [-0.2, -0.15) is 0 Å². The fourth-order valence-corrected chi connectivity index (χ4v) is 2.50. The highest BCUT2D eigenvalue weighted by Gasteiger charge is 2.23. The van der Waals surface area contributed by atoms with Gasteiger partial charge in [0, 0.05) is 0 Å². The summed E-state index contributed by atoms with van der Waals surface area (Å²) >= 11 is 0. The highest BCUT2D eigenvalue weighted by molar-refractivity contribution is 5.85. The summed E-state index contributed by atoms with van der Waals surface area (Å²) in [4.78, 5) is 24.2. The third kappa shape index (κ3) is 5.17. The van der Waals surface area contributed by atoms with E-state index in [0.717, 1.165) is 16.3 Å². The lowest BCUT2D eigenvalue weighted by molar-refractivity contribution is -0.164. The topological polar surface area (TPSA) is 64.6 Å². The maximum Gasteiger partial charge on any atom is 0.335 e. The molecular weight excluding hydrogens is 330 g/mol. The number of hydrogen-bond acceptors (Lipinski definition) is 4. The summed E-state index contributed by atoms with van der Waals surface area (Å²) in [7, 11) is 0. The van der Waals surface area contributed by atoms with E-state index in [0.29, 0.717) is 0 Å². The number of carbonyl (C=O) groups is 2. The van der Waals surface area contributed by atoms with Gasteiger partial charge in [0.1, 0.15) is 0 Å². The fraction of sp³-hybridized carbons (Fsp3) is 0.333. The molecule has 0 spiro atoms. The van der Waals surface area contributed by atoms with E-state index in [1.165, 1.54) is 0 Å². The number of amides is 1. The quantitative estimate of drug-likeness (QED) is 0.581. The van der Waals surface area contributed by atoms with Gasteiger partial charge in [-0.25, -0.2) is 4.79 Å². The monoisotopic (exact) mass is 355 g/mol. The molecule has 0 aromatic heterocycles. The third-order valence-corrected chi connectivity index (χ3v) is 4.09. The van der Waals surface area contributed by atoms with E-state index >= 15 is 0 Å². The average molecular weight is 355 g/mol. The van der Waals surface area contributed by atoms with E-state index in [-0.39, 0.29) is 18.6 Å². The van der Waals surface area contributed by atoms with Crippen LogP contribution in [-0.4, -0.2) is 30.7 Å². The van der Waals surface area contributed by atoms with Crippen molar-refractivity contribution in [3.8, 4) is 0 Å². The van der Waals surface area contributed by atoms with Gasteiger partial charge in [0.05, 0.1) is 12.6 Å². The van der Waals surface area contributed by atoms with Crippen LogP contribution in [-0.2, 0) is 19.1 Å². The van der Waals surface area contributed by atoms with Crippen molar-refractivity contribution in [2.45, 2.75) is 39.0 Å². The summed E-state index contributed by atoms with van der Waals surface area (Å²) in [5, 5.41) is 5.13. The van der Waals surface area contributed by atoms with Gasteiger partial charge in [0.2, 0.25) is 0 Å². The van der Waals surface area contributed by atoms with Gasteiger partial charge >= 0.3 is 5.97 Å². The van der Waals surface area contributed by atoms with Crippen molar-refractivity contribution in [2.24, 2.45) is 0 Å². The summed E-state index contributed by atoms with van der Waals surface area (Å²) in [5.41, 5.74) is 0.985. The molecule has 0 radical (unpaired) electrons. The van der Waals surface area contributed by atoms with Crippen molar-refractivity contribution in [2.75, 3.05) is 6.61 Å². The summed E-state index contributed by atoms with van der Waals surface area (Å²) < 4.78 is 10.4. The van der Waals surface area contributed by atoms with E-state index in [2.05, 4.69) is 11.9 Å². The second-order valence-electron chi connectivity index (χ2n) is 6.18. The molecule has 0 aliphatic carbocycles. The Bertz CT molecular complexity index is 786. The molecule has 2 rings (SSSR count). The van der Waals surface area contributed by atoms with Crippen LogP contribution in [0.3, 0.4) is 0 Å². The number of ether oxygens (including phenoxy) is 2. The molecule has 1 N–H and O–H groups in total. The van der Waals surface area contributed by atoms with Crippen LogP contribution < -0.4 is 5.32 Å². The summed E-state index contributed by atoms with van der Waals surface area (Å²) in [6, 6.07) is 13.9. The molecule has 0 aliphatic rings. The highest BCUT2D eigenvalue weighted by atomic mass is 16.6. The second kappa shape index (κ2) is 9.15. The molecule has 2 aromatic rings. The molecular formula is C21H25NO4. The van der Waals surface area contributed by atoms with Gasteiger partial charge in [-0.15, -0.1) is 6.58 Å². The standard InChI is InChI=1S/C21H25NO4/c1-5-12-25-16(4)21(24)26-15(3)20(23)22-14(2)18-11-10-17-8-6-7-9-19(17)13-18/h5-11,13-16H,1,12H2,2-4H3,(H,22,23). The first kappa shape index (κ1) is 19.7. The number of fused-ring (bicyclic) bond motifs is 1. The van der Waals surface area contributed by atoms with Crippen LogP contribution in [0.25, 0.3) is 10.8 Å². The molecule has 1 amide bonds. The maximum absolute atomic E-state index is 12.3. The van der Waals surface area contributed by atoms with E-state index in [1.807, 2.05) is 49.4 Å². The maximum atomic E-state index is 12.3. The minimum Gasteiger partial charge on any atom is -0.451 e. The lowest BCUT2D eigenvalue weighted by Gasteiger charge is -2.20. The van der Waals surface area contributed by atoms with Gasteiger partial charge in [0.25, 0.3) is 5.91 Å². The number of nitrogens with one attached hydrogen (secondary N) is 1. The highest BCUT2D eigenvalue weighted by Crippen LogP contribution is 2.20. The Kier molecular flexibility index (Phi) is 6.92. The van der Waals surface area contributed by atoms with Gasteiger partial charge in [-0.05, 0) is 43.2 Å². The molecule has 0 saturated heterocycles. The minimum atomic E-state index is -0.903. The van der Waals surface area contributed by atoms with Crippen LogP contribution in [0.1, 0.15) is 32.4 Å². The van der Waals surface area contributed by atoms with Crippen LogP contribution in [0.2, 0.25) is 0 Å². The molecule has 0 bridgehead atoms. The Morgan fingerprint density at radius 2 is 1.77 bits per heavy atom. The molecule has 0 fully saturated rings. The van der Waals surface area contributed by atoms with Crippen molar-refractivity contribution in [1.82, 2.24) is 5.32 Å². The van der Waals surface area contributed by atoms with E-state index < -0.39 is 18.2 Å². The number of rotatable bonds is 8. The third-order valence-electron chi connectivity index (χ3n) is 4.09. The van der Waals surface area contributed by atoms with Crippen LogP contribution in [0.15, 0.2) is 55.1 Å². The first-order valence-corrected chi connectivity index (χ1v) is 8.64. The molecule has 3 atom stereocenters. The van der Waals surface area contributed by atoms with Crippen molar-refractivity contribution < 1.29 is 19.1 Å². The molecule has 26 heavy (non-hydrogen) atoms. The van der Waals surface area contributed by atoms with Crippen molar-refractivity contribution in [1.29, 1.82) is 0 Å². The Morgan fingerprint density at radius 3 is 2.46 bits per heavy atom. The number of carbonyl (C=O) groups excluding carboxylic acids is 2. The zero-order valence-electron chi connectivity index (χ0n) is 15.4. The van der Waals surface area contributed by atoms with Crippen LogP contribution in [0.4, 0.5) is 0 Å². The summed E-state index contributed by atoms with van der Waals surface area (Å²) in [5.74, 6) is -0.928. The number of benzene rings is 2. The van der Waals surface area contributed by atoms with E-state index in [1.54, 1.807) is 19.9 Å². The molecule has 5 heteroatoms. The summed E-state index contributed by atoms with van der Waals surface area (Å²) in [6.07, 6.45) is -0.105. The largest absolute Gasteiger partial charge is 0.451 e. The van der Waals surface area contributed by atoms with Crippen molar-refractivity contribution >= 4 is 22.6 Å². The number of esters is 1. The van der Waals surface area contributed by atoms with E-state index in [9.17, 15) is 9.59 Å². The molecule has 0 saturated carbocycles.